The first-order valence-corrected chi connectivity index (χ1v) is 7.87. The van der Waals surface area contributed by atoms with E-state index in [9.17, 15) is 8.42 Å². The molecule has 110 valence electrons. The van der Waals surface area contributed by atoms with Crippen LogP contribution in [0.25, 0.3) is 0 Å². The molecule has 0 aliphatic heterocycles. The zero-order valence-corrected chi connectivity index (χ0v) is 12.4. The second kappa shape index (κ2) is 6.43. The summed E-state index contributed by atoms with van der Waals surface area (Å²) in [6.07, 6.45) is 2.97. The molecule has 0 fully saturated rings. The maximum Gasteiger partial charge on any atom is 0.280 e. The molecule has 1 aromatic heterocycles. The third-order valence-electron chi connectivity index (χ3n) is 2.70. The van der Waals surface area contributed by atoms with Crippen LogP contribution in [0.1, 0.15) is 12.5 Å². The van der Waals surface area contributed by atoms with Gasteiger partial charge in [0.25, 0.3) is 10.0 Å². The van der Waals surface area contributed by atoms with Crippen molar-refractivity contribution in [3.8, 4) is 11.8 Å². The van der Waals surface area contributed by atoms with E-state index in [1.165, 1.54) is 12.5 Å². The Hall–Kier alpha value is -2.30. The summed E-state index contributed by atoms with van der Waals surface area (Å²) in [5.41, 5.74) is 6.44. The van der Waals surface area contributed by atoms with Gasteiger partial charge in [0.05, 0.1) is 18.6 Å². The fraction of sp³-hybridized carbons (Fsp3) is 0.214. The molecule has 0 amide bonds. The number of hydrogen-bond acceptors (Lipinski definition) is 4. The molecule has 0 aliphatic carbocycles. The van der Waals surface area contributed by atoms with Gasteiger partial charge in [-0.3, -0.25) is 4.72 Å². The van der Waals surface area contributed by atoms with Gasteiger partial charge in [-0.25, -0.2) is 4.98 Å². The van der Waals surface area contributed by atoms with Crippen LogP contribution in [0.4, 0.5) is 5.69 Å². The fourth-order valence-electron chi connectivity index (χ4n) is 1.67. The lowest BCUT2D eigenvalue weighted by Gasteiger charge is -2.06. The molecule has 0 unspecified atom stereocenters. The maximum atomic E-state index is 12.2. The van der Waals surface area contributed by atoms with Gasteiger partial charge in [0, 0.05) is 18.3 Å². The van der Waals surface area contributed by atoms with Gasteiger partial charge in [-0.2, -0.15) is 8.42 Å². The quantitative estimate of drug-likeness (QED) is 0.825. The number of nitrogens with two attached hydrogens (primary N) is 1. The second-order valence-electron chi connectivity index (χ2n) is 4.23. The number of anilines is 1. The molecule has 2 rings (SSSR count). The van der Waals surface area contributed by atoms with Crippen molar-refractivity contribution in [2.45, 2.75) is 18.5 Å². The highest BCUT2D eigenvalue weighted by Crippen LogP contribution is 2.15. The number of nitrogens with one attached hydrogen (secondary N) is 1. The molecule has 3 N–H and O–H groups in total. The Morgan fingerprint density at radius 3 is 2.90 bits per heavy atom. The van der Waals surface area contributed by atoms with Crippen LogP contribution in [0.2, 0.25) is 0 Å². The summed E-state index contributed by atoms with van der Waals surface area (Å²) in [5.74, 6) is 5.58. The van der Waals surface area contributed by atoms with Gasteiger partial charge in [0.1, 0.15) is 0 Å². The van der Waals surface area contributed by atoms with Gasteiger partial charge in [0.15, 0.2) is 5.03 Å². The minimum atomic E-state index is -3.69. The molecule has 0 spiro atoms. The van der Waals surface area contributed by atoms with Crippen LogP contribution in [0.5, 0.6) is 0 Å². The summed E-state index contributed by atoms with van der Waals surface area (Å²) < 4.78 is 28.6. The first-order chi connectivity index (χ1) is 10.0. The van der Waals surface area contributed by atoms with Gasteiger partial charge in [0.2, 0.25) is 0 Å². The number of benzene rings is 1. The highest BCUT2D eigenvalue weighted by atomic mass is 32.2. The summed E-state index contributed by atoms with van der Waals surface area (Å²) in [5, 5.41) is -0.0113. The molecule has 0 saturated heterocycles. The number of rotatable bonds is 4. The van der Waals surface area contributed by atoms with Crippen LogP contribution >= 0.6 is 0 Å². The number of sulfonamides is 1. The molecule has 0 atom stereocenters. The third kappa shape index (κ3) is 3.84. The fourth-order valence-corrected chi connectivity index (χ4v) is 2.67. The average Bonchev–Trinajstić information content (AvgIpc) is 2.95. The first-order valence-electron chi connectivity index (χ1n) is 6.38. The second-order valence-corrected chi connectivity index (χ2v) is 5.86. The molecule has 2 aromatic rings. The maximum absolute atomic E-state index is 12.2. The summed E-state index contributed by atoms with van der Waals surface area (Å²) in [6, 6.07) is 6.81. The lowest BCUT2D eigenvalue weighted by Crippen LogP contribution is -2.13. The monoisotopic (exact) mass is 304 g/mol. The number of hydrogen-bond donors (Lipinski definition) is 2. The van der Waals surface area contributed by atoms with Crippen molar-refractivity contribution in [2.75, 3.05) is 11.3 Å². The van der Waals surface area contributed by atoms with Crippen molar-refractivity contribution in [1.29, 1.82) is 0 Å². The number of nitrogens with zero attached hydrogens (tertiary/aromatic N) is 2. The lowest BCUT2D eigenvalue weighted by atomic mass is 10.2. The van der Waals surface area contributed by atoms with Gasteiger partial charge in [-0.15, -0.1) is 0 Å². The van der Waals surface area contributed by atoms with Crippen molar-refractivity contribution in [3.63, 3.8) is 0 Å². The summed E-state index contributed by atoms with van der Waals surface area (Å²) in [6.45, 7) is 2.82. The average molecular weight is 304 g/mol. The Labute approximate surface area is 124 Å². The largest absolute Gasteiger partial charge is 0.336 e. The van der Waals surface area contributed by atoms with E-state index in [2.05, 4.69) is 21.5 Å². The van der Waals surface area contributed by atoms with Gasteiger partial charge in [-0.1, -0.05) is 17.9 Å². The van der Waals surface area contributed by atoms with Crippen LogP contribution in [-0.4, -0.2) is 24.5 Å². The van der Waals surface area contributed by atoms with E-state index in [4.69, 9.17) is 5.73 Å². The molecule has 21 heavy (non-hydrogen) atoms. The normalized spacial score (nSPS) is 10.8. The Morgan fingerprint density at radius 1 is 1.43 bits per heavy atom. The topological polar surface area (TPSA) is 90.0 Å². The molecule has 0 aliphatic rings. The van der Waals surface area contributed by atoms with Crippen LogP contribution in [0.15, 0.2) is 41.8 Å². The highest BCUT2D eigenvalue weighted by molar-refractivity contribution is 7.92. The van der Waals surface area contributed by atoms with Crippen molar-refractivity contribution in [2.24, 2.45) is 5.73 Å². The van der Waals surface area contributed by atoms with E-state index in [0.717, 1.165) is 0 Å². The molecule has 0 saturated carbocycles. The summed E-state index contributed by atoms with van der Waals surface area (Å²) >= 11 is 0. The molecule has 1 aromatic carbocycles. The van der Waals surface area contributed by atoms with Gasteiger partial charge in [-0.05, 0) is 25.1 Å². The highest BCUT2D eigenvalue weighted by Gasteiger charge is 2.17. The zero-order chi connectivity index (χ0) is 15.3. The minimum absolute atomic E-state index is 0.0113. The van der Waals surface area contributed by atoms with E-state index >= 15 is 0 Å². The predicted octanol–water partition coefficient (Wildman–Crippen LogP) is 1.01. The molecule has 6 nitrogen and oxygen atoms in total. The summed E-state index contributed by atoms with van der Waals surface area (Å²) in [4.78, 5) is 3.89. The van der Waals surface area contributed by atoms with Crippen molar-refractivity contribution in [3.05, 3.63) is 42.4 Å². The molecule has 1 heterocycles. The van der Waals surface area contributed by atoms with Crippen LogP contribution in [0, 0.1) is 11.8 Å². The first kappa shape index (κ1) is 15.1. The minimum Gasteiger partial charge on any atom is -0.336 e. The van der Waals surface area contributed by atoms with Crippen LogP contribution in [0.3, 0.4) is 0 Å². The predicted molar refractivity (Wildman–Crippen MR) is 81.1 cm³/mol. The SMILES string of the molecule is CCn1cnc(S(=O)(=O)Nc2cccc(C#CCN)c2)c1. The van der Waals surface area contributed by atoms with E-state index < -0.39 is 10.0 Å². The van der Waals surface area contributed by atoms with Crippen LogP contribution in [-0.2, 0) is 16.6 Å². The molecule has 7 heteroatoms. The van der Waals surface area contributed by atoms with E-state index in [1.54, 1.807) is 28.8 Å². The Morgan fingerprint density at radius 2 is 2.24 bits per heavy atom. The Kier molecular flexibility index (Phi) is 4.62. The molecular weight excluding hydrogens is 288 g/mol. The Bertz CT molecular complexity index is 785. The standard InChI is InChI=1S/C14H16N4O2S/c1-2-18-10-14(16-11-18)21(19,20)17-13-7-3-5-12(9-13)6-4-8-15/h3,5,7,9-11,17H,2,8,15H2,1H3. The molecular formula is C14H16N4O2S. The van der Waals surface area contributed by atoms with Crippen molar-refractivity contribution >= 4 is 15.7 Å². The molecule has 0 bridgehead atoms. The van der Waals surface area contributed by atoms with E-state index in [0.29, 0.717) is 17.8 Å². The summed E-state index contributed by atoms with van der Waals surface area (Å²) in [7, 11) is -3.69. The lowest BCUT2D eigenvalue weighted by molar-refractivity contribution is 0.598. The van der Waals surface area contributed by atoms with Gasteiger partial charge < -0.3 is 10.3 Å². The van der Waals surface area contributed by atoms with E-state index in [-0.39, 0.29) is 11.6 Å². The number of aromatic nitrogens is 2. The number of imidazole rings is 1. The van der Waals surface area contributed by atoms with Gasteiger partial charge >= 0.3 is 0 Å². The van der Waals surface area contributed by atoms with Crippen LogP contribution < -0.4 is 10.5 Å². The number of aryl methyl sites for hydroxylation is 1. The van der Waals surface area contributed by atoms with Crippen molar-refractivity contribution in [1.82, 2.24) is 9.55 Å². The van der Waals surface area contributed by atoms with E-state index in [1.807, 2.05) is 6.92 Å². The molecule has 0 radical (unpaired) electrons. The Balaban J connectivity index is 2.24. The smallest absolute Gasteiger partial charge is 0.280 e. The van der Waals surface area contributed by atoms with Crippen molar-refractivity contribution < 1.29 is 8.42 Å². The third-order valence-corrected chi connectivity index (χ3v) is 3.97. The zero-order valence-electron chi connectivity index (χ0n) is 11.6.